The Kier molecular flexibility index (Phi) is 51.4. The van der Waals surface area contributed by atoms with Crippen LogP contribution in [0.4, 0.5) is 0 Å². The quantitative estimate of drug-likeness (QED) is 0.0211. The number of ether oxygens (including phenoxy) is 2. The zero-order chi connectivity index (χ0) is 52.7. The Morgan fingerprint density at radius 2 is 0.792 bits per heavy atom. The summed E-state index contributed by atoms with van der Waals surface area (Å²) in [7, 11) is 1.47. The molecule has 0 aromatic carbocycles. The lowest BCUT2D eigenvalue weighted by atomic mass is 10.0. The minimum absolute atomic E-state index is 0.0288. The Bertz CT molecular complexity index is 1450. The first-order chi connectivity index (χ1) is 35.0. The van der Waals surface area contributed by atoms with Crippen LogP contribution < -0.4 is 0 Å². The highest BCUT2D eigenvalue weighted by Crippen LogP contribution is 2.43. The van der Waals surface area contributed by atoms with Crippen LogP contribution in [-0.2, 0) is 32.7 Å². The van der Waals surface area contributed by atoms with E-state index in [4.69, 9.17) is 18.5 Å². The second kappa shape index (κ2) is 53.3. The van der Waals surface area contributed by atoms with E-state index in [0.29, 0.717) is 17.4 Å². The summed E-state index contributed by atoms with van der Waals surface area (Å²) in [6, 6.07) is 0. The fraction of sp³-hybridized carbons (Fsp3) is 0.774. The average Bonchev–Trinajstić information content (AvgIpc) is 3.34. The molecule has 0 amide bonds. The van der Waals surface area contributed by atoms with Gasteiger partial charge in [0.15, 0.2) is 6.10 Å². The monoisotopic (exact) mass is 1030 g/mol. The van der Waals surface area contributed by atoms with Crippen LogP contribution in [0.1, 0.15) is 258 Å². The maximum absolute atomic E-state index is 12.8. The third-order valence-corrected chi connectivity index (χ3v) is 13.7. The molecule has 0 saturated carbocycles. The molecule has 2 atom stereocenters. The van der Waals surface area contributed by atoms with Crippen LogP contribution in [0, 0.1) is 0 Å². The van der Waals surface area contributed by atoms with Gasteiger partial charge < -0.3 is 18.9 Å². The largest absolute Gasteiger partial charge is 0.472 e. The summed E-state index contributed by atoms with van der Waals surface area (Å²) in [5, 5.41) is 0. The van der Waals surface area contributed by atoms with Crippen molar-refractivity contribution < 1.29 is 42.1 Å². The third-order valence-electron chi connectivity index (χ3n) is 12.7. The molecule has 0 bridgehead atoms. The van der Waals surface area contributed by atoms with Gasteiger partial charge in [0.2, 0.25) is 0 Å². The van der Waals surface area contributed by atoms with E-state index in [9.17, 15) is 19.0 Å². The number of carbonyl (C=O) groups excluding carboxylic acids is 2. The van der Waals surface area contributed by atoms with E-state index in [1.54, 1.807) is 0 Å². The number of allylic oxidation sites excluding steroid dienone is 12. The summed E-state index contributed by atoms with van der Waals surface area (Å²) in [6.45, 7) is 4.25. The highest BCUT2D eigenvalue weighted by molar-refractivity contribution is 7.47. The summed E-state index contributed by atoms with van der Waals surface area (Å²) in [5.74, 6) is -0.808. The molecule has 418 valence electrons. The summed E-state index contributed by atoms with van der Waals surface area (Å²) in [5.41, 5.74) is 0. The van der Waals surface area contributed by atoms with Crippen LogP contribution in [0.3, 0.4) is 0 Å². The van der Waals surface area contributed by atoms with Crippen molar-refractivity contribution in [2.24, 2.45) is 0 Å². The molecule has 1 N–H and O–H groups in total. The maximum atomic E-state index is 12.8. The predicted octanol–water partition coefficient (Wildman–Crippen LogP) is 18.5. The van der Waals surface area contributed by atoms with Gasteiger partial charge in [0.05, 0.1) is 27.7 Å². The summed E-state index contributed by atoms with van der Waals surface area (Å²) in [6.07, 6.45) is 70.0. The Morgan fingerprint density at radius 3 is 1.18 bits per heavy atom. The summed E-state index contributed by atoms with van der Waals surface area (Å²) in [4.78, 5) is 35.6. The molecular weight excluding hydrogens is 918 g/mol. The second-order valence-corrected chi connectivity index (χ2v) is 22.5. The number of nitrogens with zero attached hydrogens (tertiary/aromatic N) is 1. The molecule has 10 heteroatoms. The molecule has 72 heavy (non-hydrogen) atoms. The topological polar surface area (TPSA) is 108 Å². The van der Waals surface area contributed by atoms with Crippen LogP contribution in [0.25, 0.3) is 0 Å². The van der Waals surface area contributed by atoms with Gasteiger partial charge >= 0.3 is 19.8 Å². The first kappa shape index (κ1) is 69.5. The Balaban J connectivity index is 3.97. The van der Waals surface area contributed by atoms with Gasteiger partial charge in [-0.3, -0.25) is 18.6 Å². The van der Waals surface area contributed by atoms with Crippen LogP contribution in [0.5, 0.6) is 0 Å². The van der Waals surface area contributed by atoms with Gasteiger partial charge in [-0.05, 0) is 77.0 Å². The Hall–Kier alpha value is -2.55. The van der Waals surface area contributed by atoms with Crippen LogP contribution in [0.15, 0.2) is 72.9 Å². The normalized spacial score (nSPS) is 13.8. The Labute approximate surface area is 444 Å². The smallest absolute Gasteiger partial charge is 0.462 e. The molecule has 0 aromatic heterocycles. The molecule has 2 unspecified atom stereocenters. The number of quaternary nitrogens is 1. The minimum Gasteiger partial charge on any atom is -0.462 e. The van der Waals surface area contributed by atoms with Crippen molar-refractivity contribution in [3.8, 4) is 0 Å². The van der Waals surface area contributed by atoms with E-state index < -0.39 is 26.5 Å². The van der Waals surface area contributed by atoms with E-state index >= 15 is 0 Å². The van der Waals surface area contributed by atoms with Gasteiger partial charge in [-0.25, -0.2) is 4.57 Å². The van der Waals surface area contributed by atoms with Crippen molar-refractivity contribution >= 4 is 19.8 Å². The van der Waals surface area contributed by atoms with Gasteiger partial charge in [0.1, 0.15) is 19.8 Å². The fourth-order valence-corrected chi connectivity index (χ4v) is 8.91. The molecule has 0 heterocycles. The number of phosphoric acid groups is 1. The van der Waals surface area contributed by atoms with Crippen molar-refractivity contribution in [1.82, 2.24) is 0 Å². The number of carbonyl (C=O) groups is 2. The van der Waals surface area contributed by atoms with Gasteiger partial charge in [0, 0.05) is 12.8 Å². The minimum atomic E-state index is -4.39. The standard InChI is InChI=1S/C62H112NO8P/c1-6-8-10-12-14-16-18-20-21-22-23-24-25-26-27-28-29-30-31-32-33-34-35-36-37-38-39-40-41-43-45-47-49-51-53-55-62(65)71-60(59-70-72(66,67)69-57-56-63(3,4)5)58-68-61(64)54-52-50-48-46-44-42-19-17-15-13-11-9-7-2/h8,10-11,13-14,16-17,19-21,23-24,60H,6-7,9,12,15,18,22,25-59H2,1-5H3/p+1/b10-8-,13-11-,16-14-,19-17-,21-20-,24-23-. The second-order valence-electron chi connectivity index (χ2n) is 21.0. The number of hydrogen-bond donors (Lipinski definition) is 1. The summed E-state index contributed by atoms with van der Waals surface area (Å²) >= 11 is 0. The van der Waals surface area contributed by atoms with Gasteiger partial charge in [-0.15, -0.1) is 0 Å². The van der Waals surface area contributed by atoms with Crippen molar-refractivity contribution in [2.75, 3.05) is 47.5 Å². The van der Waals surface area contributed by atoms with Crippen molar-refractivity contribution in [3.05, 3.63) is 72.9 Å². The summed E-state index contributed by atoms with van der Waals surface area (Å²) < 4.78 is 34.5. The van der Waals surface area contributed by atoms with Gasteiger partial charge in [-0.2, -0.15) is 0 Å². The lowest BCUT2D eigenvalue weighted by Gasteiger charge is -2.24. The first-order valence-electron chi connectivity index (χ1n) is 29.7. The maximum Gasteiger partial charge on any atom is 0.472 e. The van der Waals surface area contributed by atoms with Crippen LogP contribution >= 0.6 is 7.82 Å². The average molecular weight is 1030 g/mol. The molecule has 0 radical (unpaired) electrons. The molecule has 9 nitrogen and oxygen atoms in total. The number of unbranched alkanes of at least 4 members (excludes halogenated alkanes) is 28. The van der Waals surface area contributed by atoms with E-state index in [0.717, 1.165) is 89.9 Å². The molecule has 0 aliphatic heterocycles. The molecule has 0 spiro atoms. The SMILES string of the molecule is CC/C=C\C/C=C\C/C=C\C/C=C\CCCCCCCCCCCCCCCCCCCCCCCCC(=O)OC(COC(=O)CCCCCCC/C=C\C/C=C\CCC)COP(=O)(O)OCC[N+](C)(C)C. The van der Waals surface area contributed by atoms with E-state index in [1.807, 2.05) is 21.1 Å². The zero-order valence-electron chi connectivity index (χ0n) is 47.4. The predicted molar refractivity (Wildman–Crippen MR) is 307 cm³/mol. The molecule has 0 saturated heterocycles. The van der Waals surface area contributed by atoms with Crippen LogP contribution in [-0.4, -0.2) is 74.9 Å². The van der Waals surface area contributed by atoms with Crippen LogP contribution in [0.2, 0.25) is 0 Å². The number of esters is 2. The molecular formula is C62H113NO8P+. The molecule has 0 aromatic rings. The first-order valence-corrected chi connectivity index (χ1v) is 31.2. The lowest BCUT2D eigenvalue weighted by Crippen LogP contribution is -2.37. The molecule has 0 aliphatic rings. The van der Waals surface area contributed by atoms with Crippen molar-refractivity contribution in [1.29, 1.82) is 0 Å². The lowest BCUT2D eigenvalue weighted by molar-refractivity contribution is -0.870. The van der Waals surface area contributed by atoms with E-state index in [1.165, 1.54) is 135 Å². The number of hydrogen-bond acceptors (Lipinski definition) is 7. The highest BCUT2D eigenvalue weighted by Gasteiger charge is 2.27. The third kappa shape index (κ3) is 56.7. The molecule has 0 fully saturated rings. The van der Waals surface area contributed by atoms with Gasteiger partial charge in [-0.1, -0.05) is 241 Å². The number of likely N-dealkylation sites (N-methyl/N-ethyl adjacent to an activating group) is 1. The fourth-order valence-electron chi connectivity index (χ4n) is 8.16. The van der Waals surface area contributed by atoms with Crippen molar-refractivity contribution in [3.63, 3.8) is 0 Å². The highest BCUT2D eigenvalue weighted by atomic mass is 31.2. The number of rotatable bonds is 54. The zero-order valence-corrected chi connectivity index (χ0v) is 48.3. The Morgan fingerprint density at radius 1 is 0.444 bits per heavy atom. The van der Waals surface area contributed by atoms with E-state index in [2.05, 4.69) is 86.8 Å². The number of phosphoric ester groups is 1. The van der Waals surface area contributed by atoms with E-state index in [-0.39, 0.29) is 32.0 Å². The molecule has 0 aliphatic carbocycles. The van der Waals surface area contributed by atoms with Crippen molar-refractivity contribution in [2.45, 2.75) is 264 Å². The molecule has 0 rings (SSSR count). The van der Waals surface area contributed by atoms with Gasteiger partial charge in [0.25, 0.3) is 0 Å².